The number of hydrogen-bond acceptors (Lipinski definition) is 3. The fraction of sp³-hybridized carbons (Fsp3) is 0.750. The van der Waals surface area contributed by atoms with Crippen LogP contribution >= 0.6 is 11.3 Å². The van der Waals surface area contributed by atoms with E-state index in [0.29, 0.717) is 11.5 Å². The van der Waals surface area contributed by atoms with Crippen molar-refractivity contribution in [2.45, 2.75) is 52.6 Å². The summed E-state index contributed by atoms with van der Waals surface area (Å²) in [6.07, 6.45) is 5.98. The Kier molecular flexibility index (Phi) is 3.12. The summed E-state index contributed by atoms with van der Waals surface area (Å²) in [4.78, 5) is 5.63. The molecule has 1 N–H and O–H groups in total. The summed E-state index contributed by atoms with van der Waals surface area (Å²) >= 11 is 1.80. The lowest BCUT2D eigenvalue weighted by Crippen LogP contribution is -2.26. The number of aryl methyl sites for hydroxylation is 1. The minimum Gasteiger partial charge on any atom is -0.309 e. The molecule has 1 heterocycles. The van der Waals surface area contributed by atoms with Gasteiger partial charge in [-0.2, -0.15) is 0 Å². The van der Waals surface area contributed by atoms with Gasteiger partial charge in [0.05, 0.1) is 5.01 Å². The molecule has 1 aromatic heterocycles. The van der Waals surface area contributed by atoms with E-state index in [1.165, 1.54) is 29.1 Å². The zero-order valence-electron chi connectivity index (χ0n) is 9.84. The minimum atomic E-state index is 0.543. The topological polar surface area (TPSA) is 24.9 Å². The predicted octanol–water partition coefficient (Wildman–Crippen LogP) is 3.12. The first kappa shape index (κ1) is 11.1. The third kappa shape index (κ3) is 3.02. The van der Waals surface area contributed by atoms with Crippen molar-refractivity contribution in [3.63, 3.8) is 0 Å². The van der Waals surface area contributed by atoms with Crippen molar-refractivity contribution in [1.82, 2.24) is 10.3 Å². The van der Waals surface area contributed by atoms with E-state index in [-0.39, 0.29) is 0 Å². The average Bonchev–Trinajstić information content (AvgIpc) is 2.69. The highest BCUT2D eigenvalue weighted by Crippen LogP contribution is 2.37. The standard InChI is InChI=1S/C12H20N2S/c1-9-13-7-11(15-9)8-14-10-4-5-12(2,3)6-10/h7,10,14H,4-6,8H2,1-3H3. The van der Waals surface area contributed by atoms with E-state index in [1.807, 2.05) is 6.20 Å². The van der Waals surface area contributed by atoms with Crippen LogP contribution in [0.1, 0.15) is 43.0 Å². The molecule has 1 aromatic rings. The quantitative estimate of drug-likeness (QED) is 0.853. The molecule has 1 atom stereocenters. The van der Waals surface area contributed by atoms with Crippen molar-refractivity contribution in [3.8, 4) is 0 Å². The van der Waals surface area contributed by atoms with E-state index < -0.39 is 0 Å². The molecule has 1 unspecified atom stereocenters. The van der Waals surface area contributed by atoms with Gasteiger partial charge in [0.15, 0.2) is 0 Å². The average molecular weight is 224 g/mol. The number of nitrogens with one attached hydrogen (secondary N) is 1. The maximum absolute atomic E-state index is 4.27. The summed E-state index contributed by atoms with van der Waals surface area (Å²) in [7, 11) is 0. The lowest BCUT2D eigenvalue weighted by Gasteiger charge is -2.17. The van der Waals surface area contributed by atoms with Crippen molar-refractivity contribution >= 4 is 11.3 Å². The van der Waals surface area contributed by atoms with Crippen LogP contribution in [0.25, 0.3) is 0 Å². The number of rotatable bonds is 3. The lowest BCUT2D eigenvalue weighted by atomic mass is 9.92. The van der Waals surface area contributed by atoms with Gasteiger partial charge in [0, 0.05) is 23.7 Å². The second kappa shape index (κ2) is 4.22. The van der Waals surface area contributed by atoms with Gasteiger partial charge in [-0.25, -0.2) is 4.98 Å². The van der Waals surface area contributed by atoms with Crippen LogP contribution < -0.4 is 5.32 Å². The molecule has 0 radical (unpaired) electrons. The van der Waals surface area contributed by atoms with Gasteiger partial charge < -0.3 is 5.32 Å². The van der Waals surface area contributed by atoms with Crippen LogP contribution in [0.5, 0.6) is 0 Å². The van der Waals surface area contributed by atoms with E-state index in [2.05, 4.69) is 31.1 Å². The smallest absolute Gasteiger partial charge is 0.0897 e. The van der Waals surface area contributed by atoms with Crippen molar-refractivity contribution in [1.29, 1.82) is 0 Å². The number of thiazole rings is 1. The van der Waals surface area contributed by atoms with Crippen molar-refractivity contribution in [2.75, 3.05) is 0 Å². The fourth-order valence-corrected chi connectivity index (χ4v) is 3.09. The third-order valence-corrected chi connectivity index (χ3v) is 4.12. The molecule has 0 amide bonds. The second-order valence-corrected chi connectivity index (χ2v) is 6.65. The van der Waals surface area contributed by atoms with Gasteiger partial charge in [-0.15, -0.1) is 11.3 Å². The predicted molar refractivity (Wildman–Crippen MR) is 65.1 cm³/mol. The summed E-state index contributed by atoms with van der Waals surface area (Å²) in [6, 6.07) is 0.711. The van der Waals surface area contributed by atoms with E-state index in [9.17, 15) is 0 Å². The molecule has 0 bridgehead atoms. The molecule has 1 fully saturated rings. The third-order valence-electron chi connectivity index (χ3n) is 3.20. The first-order valence-electron chi connectivity index (χ1n) is 5.70. The van der Waals surface area contributed by atoms with Crippen LogP contribution in [0, 0.1) is 12.3 Å². The highest BCUT2D eigenvalue weighted by atomic mass is 32.1. The number of nitrogens with zero attached hydrogens (tertiary/aromatic N) is 1. The maximum Gasteiger partial charge on any atom is 0.0897 e. The Morgan fingerprint density at radius 3 is 2.93 bits per heavy atom. The summed E-state index contributed by atoms with van der Waals surface area (Å²) in [5.74, 6) is 0. The highest BCUT2D eigenvalue weighted by Gasteiger charge is 2.30. The van der Waals surface area contributed by atoms with E-state index in [0.717, 1.165) is 6.54 Å². The van der Waals surface area contributed by atoms with Crippen LogP contribution in [0.15, 0.2) is 6.20 Å². The van der Waals surface area contributed by atoms with Gasteiger partial charge in [0.2, 0.25) is 0 Å². The largest absolute Gasteiger partial charge is 0.309 e. The van der Waals surface area contributed by atoms with Gasteiger partial charge in [-0.05, 0) is 31.6 Å². The lowest BCUT2D eigenvalue weighted by molar-refractivity contribution is 0.364. The molecule has 1 aliphatic carbocycles. The molecular formula is C12H20N2S. The SMILES string of the molecule is Cc1ncc(CNC2CCC(C)(C)C2)s1. The van der Waals surface area contributed by atoms with Crippen LogP contribution in [-0.4, -0.2) is 11.0 Å². The highest BCUT2D eigenvalue weighted by molar-refractivity contribution is 7.11. The van der Waals surface area contributed by atoms with E-state index >= 15 is 0 Å². The molecule has 0 saturated heterocycles. The van der Waals surface area contributed by atoms with Gasteiger partial charge in [-0.3, -0.25) is 0 Å². The Morgan fingerprint density at radius 1 is 1.60 bits per heavy atom. The zero-order chi connectivity index (χ0) is 10.9. The van der Waals surface area contributed by atoms with Crippen molar-refractivity contribution < 1.29 is 0 Å². The fourth-order valence-electron chi connectivity index (χ4n) is 2.34. The Labute approximate surface area is 96.1 Å². The minimum absolute atomic E-state index is 0.543. The van der Waals surface area contributed by atoms with E-state index in [1.54, 1.807) is 11.3 Å². The monoisotopic (exact) mass is 224 g/mol. The molecule has 2 nitrogen and oxygen atoms in total. The van der Waals surface area contributed by atoms with Crippen LogP contribution in [0.3, 0.4) is 0 Å². The number of aromatic nitrogens is 1. The molecule has 84 valence electrons. The summed E-state index contributed by atoms with van der Waals surface area (Å²) in [5.41, 5.74) is 0.543. The van der Waals surface area contributed by atoms with Crippen molar-refractivity contribution in [2.24, 2.45) is 5.41 Å². The second-order valence-electron chi connectivity index (χ2n) is 5.33. The Hall–Kier alpha value is -0.410. The Morgan fingerprint density at radius 2 is 2.40 bits per heavy atom. The molecule has 2 rings (SSSR count). The maximum atomic E-state index is 4.27. The molecule has 1 saturated carbocycles. The molecule has 15 heavy (non-hydrogen) atoms. The Balaban J connectivity index is 1.80. The Bertz CT molecular complexity index is 330. The van der Waals surface area contributed by atoms with Crippen molar-refractivity contribution in [3.05, 3.63) is 16.1 Å². The van der Waals surface area contributed by atoms with Crippen LogP contribution in [0.2, 0.25) is 0 Å². The molecule has 0 aliphatic heterocycles. The molecular weight excluding hydrogens is 204 g/mol. The molecule has 1 aliphatic rings. The summed E-state index contributed by atoms with van der Waals surface area (Å²) in [5, 5.41) is 4.80. The molecule has 3 heteroatoms. The number of hydrogen-bond donors (Lipinski definition) is 1. The van der Waals surface area contributed by atoms with Gasteiger partial charge in [0.25, 0.3) is 0 Å². The zero-order valence-corrected chi connectivity index (χ0v) is 10.7. The van der Waals surface area contributed by atoms with Gasteiger partial charge in [0.1, 0.15) is 0 Å². The normalized spacial score (nSPS) is 24.6. The van der Waals surface area contributed by atoms with Crippen LogP contribution in [-0.2, 0) is 6.54 Å². The molecule has 0 spiro atoms. The van der Waals surface area contributed by atoms with E-state index in [4.69, 9.17) is 0 Å². The van der Waals surface area contributed by atoms with Gasteiger partial charge >= 0.3 is 0 Å². The first-order chi connectivity index (χ1) is 7.05. The van der Waals surface area contributed by atoms with Gasteiger partial charge in [-0.1, -0.05) is 13.8 Å². The summed E-state index contributed by atoms with van der Waals surface area (Å²) in [6.45, 7) is 7.79. The van der Waals surface area contributed by atoms with Crippen LogP contribution in [0.4, 0.5) is 0 Å². The summed E-state index contributed by atoms with van der Waals surface area (Å²) < 4.78 is 0. The first-order valence-corrected chi connectivity index (χ1v) is 6.51. The molecule has 0 aromatic carbocycles.